The van der Waals surface area contributed by atoms with Crippen LogP contribution >= 0.6 is 0 Å². The van der Waals surface area contributed by atoms with Crippen molar-refractivity contribution in [2.24, 2.45) is 0 Å². The molecule has 3 rings (SSSR count). The molecule has 0 radical (unpaired) electrons. The summed E-state index contributed by atoms with van der Waals surface area (Å²) in [5, 5.41) is 11.1. The normalized spacial score (nSPS) is 18.5. The number of nitrogens with zero attached hydrogens (tertiary/aromatic N) is 3. The molecule has 1 saturated heterocycles. The van der Waals surface area contributed by atoms with Crippen molar-refractivity contribution in [2.45, 2.75) is 12.5 Å². The van der Waals surface area contributed by atoms with Gasteiger partial charge in [-0.1, -0.05) is 18.2 Å². The van der Waals surface area contributed by atoms with Crippen molar-refractivity contribution in [2.75, 3.05) is 34.3 Å². The quantitative estimate of drug-likeness (QED) is 0.441. The summed E-state index contributed by atoms with van der Waals surface area (Å²) < 4.78 is 5.33. The van der Waals surface area contributed by atoms with E-state index in [2.05, 4.69) is 4.98 Å². The van der Waals surface area contributed by atoms with Gasteiger partial charge in [-0.2, -0.15) is 0 Å². The van der Waals surface area contributed by atoms with Crippen LogP contribution in [0, 0.1) is 0 Å². The smallest absolute Gasteiger partial charge is 0.295 e. The minimum absolute atomic E-state index is 0.0531. The first kappa shape index (κ1) is 20.5. The summed E-state index contributed by atoms with van der Waals surface area (Å²) in [6, 6.07) is 9.72. The van der Waals surface area contributed by atoms with Crippen LogP contribution in [0.1, 0.15) is 23.6 Å². The first-order chi connectivity index (χ1) is 14.0. The molecular formula is C22H25N3O4. The number of amides is 1. The number of ether oxygens (including phenoxy) is 1. The number of para-hydroxylation sites is 1. The predicted molar refractivity (Wildman–Crippen MR) is 109 cm³/mol. The molecule has 1 aromatic heterocycles. The molecule has 1 aliphatic rings. The number of hydrogen-bond acceptors (Lipinski definition) is 6. The third-order valence-corrected chi connectivity index (χ3v) is 4.91. The van der Waals surface area contributed by atoms with E-state index in [1.54, 1.807) is 48.8 Å². The van der Waals surface area contributed by atoms with E-state index < -0.39 is 17.7 Å². The highest BCUT2D eigenvalue weighted by atomic mass is 16.5. The molecule has 1 N–H and O–H groups in total. The summed E-state index contributed by atoms with van der Waals surface area (Å²) in [7, 11) is 5.40. The number of Topliss-reactive ketones (excluding diaryl/α,β-unsaturated/α-hetero) is 1. The van der Waals surface area contributed by atoms with E-state index in [4.69, 9.17) is 4.74 Å². The predicted octanol–water partition coefficient (Wildman–Crippen LogP) is 2.46. The zero-order chi connectivity index (χ0) is 21.0. The Morgan fingerprint density at radius 1 is 1.21 bits per heavy atom. The zero-order valence-electron chi connectivity index (χ0n) is 16.8. The number of carbonyl (C=O) groups is 2. The van der Waals surface area contributed by atoms with E-state index in [-0.39, 0.29) is 11.3 Å². The molecule has 0 saturated carbocycles. The van der Waals surface area contributed by atoms with E-state index in [1.807, 2.05) is 19.0 Å². The number of likely N-dealkylation sites (tertiary alicyclic amines) is 1. The number of ketones is 1. The highest BCUT2D eigenvalue weighted by molar-refractivity contribution is 6.46. The molecule has 1 aliphatic heterocycles. The third kappa shape index (κ3) is 4.14. The van der Waals surface area contributed by atoms with E-state index in [9.17, 15) is 14.7 Å². The molecule has 7 nitrogen and oxygen atoms in total. The van der Waals surface area contributed by atoms with Gasteiger partial charge in [-0.05, 0) is 50.8 Å². The van der Waals surface area contributed by atoms with Gasteiger partial charge >= 0.3 is 0 Å². The van der Waals surface area contributed by atoms with Gasteiger partial charge in [-0.25, -0.2) is 0 Å². The molecule has 0 spiro atoms. The van der Waals surface area contributed by atoms with Crippen LogP contribution in [0.4, 0.5) is 0 Å². The minimum Gasteiger partial charge on any atom is -0.507 e. The molecule has 1 atom stereocenters. The van der Waals surface area contributed by atoms with Gasteiger partial charge in [0.2, 0.25) is 0 Å². The van der Waals surface area contributed by atoms with Crippen LogP contribution in [0.15, 0.2) is 54.4 Å². The number of pyridine rings is 1. The average Bonchev–Trinajstić information content (AvgIpc) is 2.98. The van der Waals surface area contributed by atoms with Gasteiger partial charge in [-0.3, -0.25) is 14.6 Å². The van der Waals surface area contributed by atoms with Crippen LogP contribution in [0.2, 0.25) is 0 Å². The molecule has 7 heteroatoms. The van der Waals surface area contributed by atoms with Crippen molar-refractivity contribution >= 4 is 17.4 Å². The van der Waals surface area contributed by atoms with Crippen molar-refractivity contribution in [3.63, 3.8) is 0 Å². The molecule has 2 heterocycles. The van der Waals surface area contributed by atoms with Gasteiger partial charge in [0, 0.05) is 18.9 Å². The van der Waals surface area contributed by atoms with Crippen LogP contribution in [-0.2, 0) is 9.59 Å². The lowest BCUT2D eigenvalue weighted by Gasteiger charge is -2.25. The zero-order valence-corrected chi connectivity index (χ0v) is 16.8. The first-order valence-electron chi connectivity index (χ1n) is 9.42. The standard InChI is InChI=1S/C22H25N3O4/c1-24(2)12-7-13-25-19(15-8-6-11-23-14-15)18(21(27)22(25)28)20(26)16-9-4-5-10-17(16)29-3/h4-6,8-11,14,19,26H,7,12-13H2,1-3H3/b20-18-. The van der Waals surface area contributed by atoms with E-state index in [0.29, 0.717) is 29.8 Å². The lowest BCUT2D eigenvalue weighted by molar-refractivity contribution is -0.139. The van der Waals surface area contributed by atoms with Crippen molar-refractivity contribution in [3.05, 3.63) is 65.5 Å². The van der Waals surface area contributed by atoms with Crippen molar-refractivity contribution in [3.8, 4) is 5.75 Å². The number of aliphatic hydroxyl groups excluding tert-OH is 1. The summed E-state index contributed by atoms with van der Waals surface area (Å²) in [4.78, 5) is 33.4. The monoisotopic (exact) mass is 395 g/mol. The molecule has 152 valence electrons. The van der Waals surface area contributed by atoms with Crippen LogP contribution in [0.3, 0.4) is 0 Å². The third-order valence-electron chi connectivity index (χ3n) is 4.91. The van der Waals surface area contributed by atoms with Gasteiger partial charge in [0.1, 0.15) is 11.5 Å². The summed E-state index contributed by atoms with van der Waals surface area (Å²) in [5.74, 6) is -1.14. The van der Waals surface area contributed by atoms with E-state index >= 15 is 0 Å². The van der Waals surface area contributed by atoms with Gasteiger partial charge < -0.3 is 19.6 Å². The molecule has 1 unspecified atom stereocenters. The summed E-state index contributed by atoms with van der Waals surface area (Å²) >= 11 is 0. The molecule has 1 aromatic carbocycles. The maximum absolute atomic E-state index is 12.9. The Bertz CT molecular complexity index is 925. The Morgan fingerprint density at radius 2 is 1.97 bits per heavy atom. The molecule has 29 heavy (non-hydrogen) atoms. The van der Waals surface area contributed by atoms with Crippen molar-refractivity contribution in [1.82, 2.24) is 14.8 Å². The first-order valence-corrected chi connectivity index (χ1v) is 9.42. The number of aliphatic hydroxyl groups is 1. The van der Waals surface area contributed by atoms with Crippen LogP contribution in [-0.4, -0.2) is 65.9 Å². The molecule has 0 aliphatic carbocycles. The van der Waals surface area contributed by atoms with E-state index in [1.165, 1.54) is 12.0 Å². The summed E-state index contributed by atoms with van der Waals surface area (Å²) in [6.45, 7) is 1.17. The largest absolute Gasteiger partial charge is 0.507 e. The Labute approximate surface area is 170 Å². The van der Waals surface area contributed by atoms with Gasteiger partial charge in [0.25, 0.3) is 11.7 Å². The second kappa shape index (κ2) is 8.87. The maximum atomic E-state index is 12.9. The number of methoxy groups -OCH3 is 1. The Morgan fingerprint density at radius 3 is 2.62 bits per heavy atom. The number of hydrogen-bond donors (Lipinski definition) is 1. The fourth-order valence-electron chi connectivity index (χ4n) is 3.54. The van der Waals surface area contributed by atoms with Gasteiger partial charge in [0.05, 0.1) is 24.3 Å². The second-order valence-corrected chi connectivity index (χ2v) is 7.14. The molecule has 1 fully saturated rings. The number of benzene rings is 1. The topological polar surface area (TPSA) is 83.0 Å². The second-order valence-electron chi connectivity index (χ2n) is 7.14. The average molecular weight is 395 g/mol. The lowest BCUT2D eigenvalue weighted by atomic mass is 9.96. The van der Waals surface area contributed by atoms with Gasteiger partial charge in [0.15, 0.2) is 0 Å². The Kier molecular flexibility index (Phi) is 6.29. The number of carbonyl (C=O) groups excluding carboxylic acids is 2. The van der Waals surface area contributed by atoms with Crippen LogP contribution in [0.5, 0.6) is 5.75 Å². The molecule has 2 aromatic rings. The number of rotatable bonds is 7. The van der Waals surface area contributed by atoms with Crippen LogP contribution in [0.25, 0.3) is 5.76 Å². The Hall–Kier alpha value is -3.19. The lowest BCUT2D eigenvalue weighted by Crippen LogP contribution is -2.32. The number of aromatic nitrogens is 1. The van der Waals surface area contributed by atoms with E-state index in [0.717, 1.165) is 6.54 Å². The van der Waals surface area contributed by atoms with Crippen molar-refractivity contribution in [1.29, 1.82) is 0 Å². The molecule has 1 amide bonds. The minimum atomic E-state index is -0.702. The van der Waals surface area contributed by atoms with Crippen molar-refractivity contribution < 1.29 is 19.4 Å². The molecule has 0 bridgehead atoms. The highest BCUT2D eigenvalue weighted by Crippen LogP contribution is 2.40. The molecular weight excluding hydrogens is 370 g/mol. The summed E-state index contributed by atoms with van der Waals surface area (Å²) in [6.07, 6.45) is 3.94. The van der Waals surface area contributed by atoms with Gasteiger partial charge in [-0.15, -0.1) is 0 Å². The fraction of sp³-hybridized carbons (Fsp3) is 0.318. The SMILES string of the molecule is COc1ccccc1/C(O)=C1/C(=O)C(=O)N(CCCN(C)C)C1c1cccnc1. The highest BCUT2D eigenvalue weighted by Gasteiger charge is 2.46. The Balaban J connectivity index is 2.11. The van der Waals surface area contributed by atoms with Crippen LogP contribution < -0.4 is 4.74 Å². The fourth-order valence-corrected chi connectivity index (χ4v) is 3.54. The maximum Gasteiger partial charge on any atom is 0.295 e. The summed E-state index contributed by atoms with van der Waals surface area (Å²) in [5.41, 5.74) is 1.10.